The fourth-order valence-corrected chi connectivity index (χ4v) is 3.43. The first-order valence-electron chi connectivity index (χ1n) is 7.77. The van der Waals surface area contributed by atoms with Crippen LogP contribution in [0.1, 0.15) is 27.3 Å². The van der Waals surface area contributed by atoms with Gasteiger partial charge in [0.2, 0.25) is 0 Å². The van der Waals surface area contributed by atoms with Crippen LogP contribution in [0.25, 0.3) is 11.0 Å². The highest BCUT2D eigenvalue weighted by molar-refractivity contribution is 6.14. The van der Waals surface area contributed by atoms with Crippen molar-refractivity contribution in [2.24, 2.45) is 7.05 Å². The number of nitrogens with zero attached hydrogens (tertiary/aromatic N) is 4. The molecular weight excluding hydrogens is 288 g/mol. The molecule has 0 atom stereocenters. The maximum atomic E-state index is 13.2. The number of benzene rings is 1. The average molecular weight is 306 g/mol. The molecule has 116 valence electrons. The number of para-hydroxylation sites is 1. The van der Waals surface area contributed by atoms with E-state index in [0.717, 1.165) is 41.1 Å². The van der Waals surface area contributed by atoms with Gasteiger partial charge in [-0.2, -0.15) is 5.10 Å². The summed E-state index contributed by atoms with van der Waals surface area (Å²) in [4.78, 5) is 19.6. The lowest BCUT2D eigenvalue weighted by molar-refractivity contribution is 0.0990. The topological polar surface area (TPSA) is 51.0 Å². The molecule has 3 aromatic rings. The summed E-state index contributed by atoms with van der Waals surface area (Å²) >= 11 is 0. The van der Waals surface area contributed by atoms with Gasteiger partial charge >= 0.3 is 0 Å². The zero-order valence-electron chi connectivity index (χ0n) is 13.5. The van der Waals surface area contributed by atoms with Crippen molar-refractivity contribution >= 4 is 22.6 Å². The van der Waals surface area contributed by atoms with Crippen LogP contribution in [-0.4, -0.2) is 27.2 Å². The second kappa shape index (κ2) is 4.91. The molecule has 1 aliphatic heterocycles. The van der Waals surface area contributed by atoms with E-state index in [9.17, 15) is 4.79 Å². The first-order valence-corrected chi connectivity index (χ1v) is 7.77. The minimum Gasteiger partial charge on any atom is -0.308 e. The molecule has 0 radical (unpaired) electrons. The van der Waals surface area contributed by atoms with E-state index in [1.165, 1.54) is 5.56 Å². The van der Waals surface area contributed by atoms with Crippen LogP contribution in [0.5, 0.6) is 0 Å². The SMILES string of the molecule is Cc1cc(C(=O)N2CCc3ccccc32)c2c(C)nn(C)c2n1. The van der Waals surface area contributed by atoms with Gasteiger partial charge in [-0.3, -0.25) is 9.48 Å². The van der Waals surface area contributed by atoms with Gasteiger partial charge in [-0.05, 0) is 38.0 Å². The minimum absolute atomic E-state index is 0.0292. The Bertz CT molecular complexity index is 942. The highest BCUT2D eigenvalue weighted by Crippen LogP contribution is 2.31. The molecule has 1 amide bonds. The van der Waals surface area contributed by atoms with Crippen molar-refractivity contribution in [3.05, 3.63) is 52.8 Å². The predicted molar refractivity (Wildman–Crippen MR) is 89.8 cm³/mol. The average Bonchev–Trinajstić information content (AvgIpc) is 3.08. The first-order chi connectivity index (χ1) is 11.1. The van der Waals surface area contributed by atoms with Crippen LogP contribution < -0.4 is 4.90 Å². The molecule has 0 spiro atoms. The number of hydrogen-bond acceptors (Lipinski definition) is 3. The van der Waals surface area contributed by atoms with Gasteiger partial charge < -0.3 is 4.90 Å². The number of rotatable bonds is 1. The molecule has 0 N–H and O–H groups in total. The van der Waals surface area contributed by atoms with E-state index < -0.39 is 0 Å². The summed E-state index contributed by atoms with van der Waals surface area (Å²) in [7, 11) is 1.86. The van der Waals surface area contributed by atoms with E-state index in [-0.39, 0.29) is 5.91 Å². The molecule has 0 aliphatic carbocycles. The molecule has 23 heavy (non-hydrogen) atoms. The highest BCUT2D eigenvalue weighted by atomic mass is 16.2. The Kier molecular flexibility index (Phi) is 2.98. The Labute approximate surface area is 134 Å². The van der Waals surface area contributed by atoms with Crippen molar-refractivity contribution in [2.75, 3.05) is 11.4 Å². The lowest BCUT2D eigenvalue weighted by Crippen LogP contribution is -2.29. The first kappa shape index (κ1) is 13.9. The maximum absolute atomic E-state index is 13.2. The lowest BCUT2D eigenvalue weighted by atomic mass is 10.1. The van der Waals surface area contributed by atoms with Crippen molar-refractivity contribution < 1.29 is 4.79 Å². The van der Waals surface area contributed by atoms with Gasteiger partial charge in [0.25, 0.3) is 5.91 Å². The van der Waals surface area contributed by atoms with E-state index in [0.29, 0.717) is 5.56 Å². The molecule has 5 heteroatoms. The molecular formula is C18H18N4O. The van der Waals surface area contributed by atoms with Crippen LogP contribution in [0.2, 0.25) is 0 Å². The Morgan fingerprint density at radius 3 is 2.83 bits per heavy atom. The van der Waals surface area contributed by atoms with Crippen LogP contribution in [0.3, 0.4) is 0 Å². The Morgan fingerprint density at radius 2 is 2.00 bits per heavy atom. The summed E-state index contributed by atoms with van der Waals surface area (Å²) < 4.78 is 1.74. The molecule has 0 bridgehead atoms. The van der Waals surface area contributed by atoms with E-state index in [1.807, 2.05) is 50.1 Å². The summed E-state index contributed by atoms with van der Waals surface area (Å²) in [5, 5.41) is 5.28. The number of aryl methyl sites for hydroxylation is 3. The van der Waals surface area contributed by atoms with E-state index >= 15 is 0 Å². The van der Waals surface area contributed by atoms with Crippen molar-refractivity contribution in [1.82, 2.24) is 14.8 Å². The molecule has 4 rings (SSSR count). The Hall–Kier alpha value is -2.69. The fourth-order valence-electron chi connectivity index (χ4n) is 3.43. The number of pyridine rings is 1. The third-order valence-corrected chi connectivity index (χ3v) is 4.46. The number of amides is 1. The normalized spacial score (nSPS) is 13.6. The van der Waals surface area contributed by atoms with Crippen molar-refractivity contribution in [3.63, 3.8) is 0 Å². The number of aromatic nitrogens is 3. The Balaban J connectivity index is 1.89. The van der Waals surface area contributed by atoms with Crippen LogP contribution in [-0.2, 0) is 13.5 Å². The second-order valence-electron chi connectivity index (χ2n) is 6.05. The molecule has 1 aliphatic rings. The number of hydrogen-bond donors (Lipinski definition) is 0. The summed E-state index contributed by atoms with van der Waals surface area (Å²) in [5.41, 5.74) is 5.36. The smallest absolute Gasteiger partial charge is 0.259 e. The van der Waals surface area contributed by atoms with E-state index in [2.05, 4.69) is 16.1 Å². The van der Waals surface area contributed by atoms with Gasteiger partial charge in [-0.1, -0.05) is 18.2 Å². The molecule has 5 nitrogen and oxygen atoms in total. The fraction of sp³-hybridized carbons (Fsp3) is 0.278. The van der Waals surface area contributed by atoms with Crippen molar-refractivity contribution in [3.8, 4) is 0 Å². The highest BCUT2D eigenvalue weighted by Gasteiger charge is 2.28. The predicted octanol–water partition coefficient (Wildman–Crippen LogP) is 2.79. The van der Waals surface area contributed by atoms with E-state index in [1.54, 1.807) is 4.68 Å². The van der Waals surface area contributed by atoms with Crippen LogP contribution in [0, 0.1) is 13.8 Å². The summed E-state index contributed by atoms with van der Waals surface area (Å²) in [6, 6.07) is 9.98. The molecule has 0 fully saturated rings. The number of fused-ring (bicyclic) bond motifs is 2. The van der Waals surface area contributed by atoms with E-state index in [4.69, 9.17) is 0 Å². The quantitative estimate of drug-likeness (QED) is 0.694. The number of carbonyl (C=O) groups excluding carboxylic acids is 1. The van der Waals surface area contributed by atoms with Crippen molar-refractivity contribution in [2.45, 2.75) is 20.3 Å². The molecule has 0 saturated carbocycles. The van der Waals surface area contributed by atoms with Crippen LogP contribution in [0.4, 0.5) is 5.69 Å². The molecule has 1 aromatic carbocycles. The van der Waals surface area contributed by atoms with Gasteiger partial charge in [0.05, 0.1) is 16.6 Å². The lowest BCUT2D eigenvalue weighted by Gasteiger charge is -2.18. The summed E-state index contributed by atoms with van der Waals surface area (Å²) in [6.07, 6.45) is 0.904. The standard InChI is InChI=1S/C18H18N4O/c1-11-10-14(16-12(2)20-21(3)17(16)19-11)18(23)22-9-8-13-6-4-5-7-15(13)22/h4-7,10H,8-9H2,1-3H3. The van der Waals surface area contributed by atoms with Crippen LogP contribution >= 0.6 is 0 Å². The van der Waals surface area contributed by atoms with Gasteiger partial charge in [0.1, 0.15) is 0 Å². The summed E-state index contributed by atoms with van der Waals surface area (Å²) in [5.74, 6) is 0.0292. The minimum atomic E-state index is 0.0292. The molecule has 0 saturated heterocycles. The Morgan fingerprint density at radius 1 is 1.22 bits per heavy atom. The number of carbonyl (C=O) groups is 1. The van der Waals surface area contributed by atoms with Crippen molar-refractivity contribution in [1.29, 1.82) is 0 Å². The number of anilines is 1. The molecule has 2 aromatic heterocycles. The molecule has 0 unspecified atom stereocenters. The third-order valence-electron chi connectivity index (χ3n) is 4.46. The monoisotopic (exact) mass is 306 g/mol. The summed E-state index contributed by atoms with van der Waals surface area (Å²) in [6.45, 7) is 4.56. The third kappa shape index (κ3) is 2.04. The largest absolute Gasteiger partial charge is 0.308 e. The van der Waals surface area contributed by atoms with Gasteiger partial charge in [0, 0.05) is 25.0 Å². The van der Waals surface area contributed by atoms with Gasteiger partial charge in [0.15, 0.2) is 5.65 Å². The van der Waals surface area contributed by atoms with Crippen LogP contribution in [0.15, 0.2) is 30.3 Å². The molecule has 3 heterocycles. The zero-order valence-corrected chi connectivity index (χ0v) is 13.5. The maximum Gasteiger partial charge on any atom is 0.259 e. The second-order valence-corrected chi connectivity index (χ2v) is 6.05. The van der Waals surface area contributed by atoms with Gasteiger partial charge in [-0.15, -0.1) is 0 Å². The van der Waals surface area contributed by atoms with Gasteiger partial charge in [-0.25, -0.2) is 4.98 Å². The zero-order chi connectivity index (χ0) is 16.1.